The van der Waals surface area contributed by atoms with Crippen LogP contribution in [0.5, 0.6) is 0 Å². The molecule has 8 N–H and O–H groups in total. The summed E-state index contributed by atoms with van der Waals surface area (Å²) < 4.78 is 4.82. The number of carbonyl (C=O) groups is 4. The van der Waals surface area contributed by atoms with Crippen LogP contribution in [0.15, 0.2) is 165 Å². The molecule has 0 fully saturated rings. The number of nitrogens with one attached hydrogen (secondary N) is 8. The Bertz CT molecular complexity index is 3300. The second-order valence-electron chi connectivity index (χ2n) is 16.8. The van der Waals surface area contributed by atoms with Crippen molar-refractivity contribution in [3.05, 3.63) is 220 Å². The zero-order valence-electron chi connectivity index (χ0n) is 39.1. The van der Waals surface area contributed by atoms with Crippen molar-refractivity contribution in [3.8, 4) is 22.7 Å². The molecule has 20 nitrogen and oxygen atoms in total. The van der Waals surface area contributed by atoms with Crippen LogP contribution in [0.2, 0.25) is 0 Å². The highest BCUT2D eigenvalue weighted by atomic mass is 16.2. The second-order valence-corrected chi connectivity index (χ2v) is 16.8. The van der Waals surface area contributed by atoms with Crippen LogP contribution in [0.4, 0.5) is 23.3 Å². The molecule has 0 aliphatic heterocycles. The van der Waals surface area contributed by atoms with E-state index in [0.29, 0.717) is 22.7 Å². The van der Waals surface area contributed by atoms with Gasteiger partial charge in [0.15, 0.2) is 0 Å². The molecule has 20 heteroatoms. The number of hydrogen-bond donors (Lipinski definition) is 8. The van der Waals surface area contributed by atoms with E-state index in [1.165, 1.54) is 46.4 Å². The highest BCUT2D eigenvalue weighted by Crippen LogP contribution is 2.41. The average molecular weight is 967 g/mol. The zero-order chi connectivity index (χ0) is 50.8. The highest BCUT2D eigenvalue weighted by molar-refractivity contribution is 5.91. The van der Waals surface area contributed by atoms with Crippen LogP contribution in [0.3, 0.4) is 0 Å². The molecular weight excluding hydrogens is 921 g/mol. The van der Waals surface area contributed by atoms with Gasteiger partial charge in [-0.15, -0.1) is 0 Å². The summed E-state index contributed by atoms with van der Waals surface area (Å²) in [6.45, 7) is 5.00. The van der Waals surface area contributed by atoms with Gasteiger partial charge in [0.1, 0.15) is 23.3 Å². The van der Waals surface area contributed by atoms with Gasteiger partial charge in [-0.2, -0.15) is 0 Å². The zero-order valence-corrected chi connectivity index (χ0v) is 39.1. The molecule has 0 unspecified atom stereocenters. The monoisotopic (exact) mass is 966 g/mol. The molecule has 0 bridgehead atoms. The number of para-hydroxylation sites is 4. The Kier molecular flexibility index (Phi) is 12.8. The lowest BCUT2D eigenvalue weighted by molar-refractivity contribution is -0.115. The van der Waals surface area contributed by atoms with Gasteiger partial charge in [0.05, 0.1) is 56.8 Å². The van der Waals surface area contributed by atoms with E-state index in [2.05, 4.69) is 41.7 Å². The van der Waals surface area contributed by atoms with E-state index in [4.69, 9.17) is 0 Å². The molecule has 0 spiro atoms. The first kappa shape index (κ1) is 47.1. The van der Waals surface area contributed by atoms with Crippen molar-refractivity contribution in [1.82, 2.24) is 39.1 Å². The van der Waals surface area contributed by atoms with Crippen LogP contribution in [0.25, 0.3) is 22.7 Å². The predicted molar refractivity (Wildman–Crippen MR) is 271 cm³/mol. The second kappa shape index (κ2) is 19.6. The fourth-order valence-electron chi connectivity index (χ4n) is 8.87. The number of hydrogen-bond acceptors (Lipinski definition) is 8. The summed E-state index contributed by atoms with van der Waals surface area (Å²) >= 11 is 0. The van der Waals surface area contributed by atoms with Crippen molar-refractivity contribution in [1.29, 1.82) is 0 Å². The number of amides is 4. The van der Waals surface area contributed by atoms with Gasteiger partial charge < -0.3 is 21.3 Å². The Morgan fingerprint density at radius 3 is 0.778 bits per heavy atom. The Labute approximate surface area is 407 Å². The molecule has 72 heavy (non-hydrogen) atoms. The molecule has 362 valence electrons. The average Bonchev–Trinajstić information content (AvgIpc) is 4.07. The molecule has 5 aromatic carbocycles. The number of aromatic nitrogens is 8. The smallest absolute Gasteiger partial charge is 0.277 e. The van der Waals surface area contributed by atoms with Crippen LogP contribution in [0.1, 0.15) is 72.9 Å². The molecule has 0 aliphatic rings. The molecule has 9 aromatic rings. The number of rotatable bonds is 14. The van der Waals surface area contributed by atoms with Crippen molar-refractivity contribution >= 4 is 46.9 Å². The van der Waals surface area contributed by atoms with Crippen LogP contribution in [-0.2, 0) is 19.2 Å². The Morgan fingerprint density at radius 2 is 0.569 bits per heavy atom. The van der Waals surface area contributed by atoms with Crippen LogP contribution in [0, 0.1) is 0 Å². The lowest BCUT2D eigenvalue weighted by Crippen LogP contribution is -2.27. The van der Waals surface area contributed by atoms with Crippen LogP contribution < -0.4 is 43.5 Å². The highest BCUT2D eigenvalue weighted by Gasteiger charge is 2.37. The quantitative estimate of drug-likeness (QED) is 0.0659. The van der Waals surface area contributed by atoms with E-state index < -0.39 is 57.7 Å². The molecule has 4 aromatic heterocycles. The van der Waals surface area contributed by atoms with Crippen molar-refractivity contribution in [2.45, 2.75) is 39.5 Å². The Morgan fingerprint density at radius 1 is 0.347 bits per heavy atom. The normalized spacial score (nSPS) is 11.2. The maximum Gasteiger partial charge on any atom is 0.277 e. The maximum absolute atomic E-state index is 15.2. The van der Waals surface area contributed by atoms with Gasteiger partial charge >= 0.3 is 0 Å². The molecule has 4 heterocycles. The molecule has 0 aliphatic carbocycles. The summed E-state index contributed by atoms with van der Waals surface area (Å²) in [5.41, 5.74) is -1.38. The predicted octanol–water partition coefficient (Wildman–Crippen LogP) is 5.80. The van der Waals surface area contributed by atoms with Gasteiger partial charge in [-0.3, -0.25) is 58.8 Å². The largest absolute Gasteiger partial charge is 0.311 e. The number of aromatic amines is 4. The fourth-order valence-corrected chi connectivity index (χ4v) is 8.87. The summed E-state index contributed by atoms with van der Waals surface area (Å²) in [5, 5.41) is 23.0. The molecule has 0 atom stereocenters. The maximum atomic E-state index is 15.2. The molecule has 0 saturated carbocycles. The van der Waals surface area contributed by atoms with Gasteiger partial charge in [-0.1, -0.05) is 97.1 Å². The van der Waals surface area contributed by atoms with Crippen LogP contribution >= 0.6 is 0 Å². The standard InChI is InChI=1S/C52H46N12O8/c1-29(65)53-45-41(49(69)61(57-45)35-20-9-5-10-21-35)39(42-46(54-30(2)66)58-62(50(42)70)36-22-11-6-12-23-36)33-18-17-19-34(28-33)40(43-47(55-31(3)67)59-63(51(43)71)37-24-13-7-14-25-37)44-48(56-32(4)68)60-64(52(44)72)38-26-15-8-16-27-38/h5-28,39-40,57-60H,1-4H3,(H,53,65)(H,54,66)(H,55,67)(H,56,68). The van der Waals surface area contributed by atoms with E-state index in [1.54, 1.807) is 146 Å². The van der Waals surface area contributed by atoms with Crippen molar-refractivity contribution in [2.75, 3.05) is 21.3 Å². The number of anilines is 4. The summed E-state index contributed by atoms with van der Waals surface area (Å²) in [5.74, 6) is -5.52. The first-order valence-corrected chi connectivity index (χ1v) is 22.5. The minimum Gasteiger partial charge on any atom is -0.311 e. The third kappa shape index (κ3) is 9.05. The summed E-state index contributed by atoms with van der Waals surface area (Å²) in [6, 6.07) is 40.5. The Hall–Kier alpha value is -9.98. The minimum atomic E-state index is -1.46. The topological polar surface area (TPSA) is 268 Å². The van der Waals surface area contributed by atoms with Gasteiger partial charge in [-0.05, 0) is 59.7 Å². The molecule has 0 radical (unpaired) electrons. The van der Waals surface area contributed by atoms with E-state index in [-0.39, 0.29) is 56.7 Å². The first-order valence-electron chi connectivity index (χ1n) is 22.5. The molecule has 4 amide bonds. The van der Waals surface area contributed by atoms with Gasteiger partial charge in [0.25, 0.3) is 22.2 Å². The van der Waals surface area contributed by atoms with Crippen molar-refractivity contribution in [2.24, 2.45) is 0 Å². The lowest BCUT2D eigenvalue weighted by Gasteiger charge is -2.21. The summed E-state index contributed by atoms with van der Waals surface area (Å²) in [7, 11) is 0. The lowest BCUT2D eigenvalue weighted by atomic mass is 9.81. The fraction of sp³-hybridized carbons (Fsp3) is 0.115. The SMILES string of the molecule is CC(=O)Nc1[nH]n(-c2ccccc2)c(=O)c1C(c1cccc(C(c2c(NC(C)=O)[nH]n(-c3ccccc3)c2=O)c2c(NC(C)=O)[nH]n(-c3ccccc3)c2=O)c1)c1c(NC(C)=O)[nH]n(-c2ccccc2)c1=O. The molecule has 9 rings (SSSR count). The molecule has 0 saturated heterocycles. The van der Waals surface area contributed by atoms with Gasteiger partial charge in [-0.25, -0.2) is 18.7 Å². The van der Waals surface area contributed by atoms with Gasteiger partial charge in [0.2, 0.25) is 23.6 Å². The number of nitrogens with zero attached hydrogens (tertiary/aromatic N) is 4. The first-order chi connectivity index (χ1) is 34.7. The van der Waals surface area contributed by atoms with Gasteiger partial charge in [0, 0.05) is 27.7 Å². The third-order valence-corrected chi connectivity index (χ3v) is 11.7. The van der Waals surface area contributed by atoms with Crippen molar-refractivity contribution < 1.29 is 19.2 Å². The van der Waals surface area contributed by atoms with E-state index >= 15 is 19.2 Å². The minimum absolute atomic E-state index is 0.0856. The number of benzene rings is 5. The third-order valence-electron chi connectivity index (χ3n) is 11.7. The van der Waals surface area contributed by atoms with Crippen LogP contribution in [-0.4, -0.2) is 62.8 Å². The van der Waals surface area contributed by atoms with E-state index in [0.717, 1.165) is 0 Å². The Balaban J connectivity index is 1.40. The summed E-state index contributed by atoms with van der Waals surface area (Å²) in [4.78, 5) is 113. The van der Waals surface area contributed by atoms with Crippen molar-refractivity contribution in [3.63, 3.8) is 0 Å². The van der Waals surface area contributed by atoms with E-state index in [9.17, 15) is 19.2 Å². The number of carbonyl (C=O) groups excluding carboxylic acids is 4. The number of H-pyrrole nitrogens is 4. The summed E-state index contributed by atoms with van der Waals surface area (Å²) in [6.07, 6.45) is 0. The van der Waals surface area contributed by atoms with E-state index in [1.807, 2.05) is 0 Å². The molecular formula is C52H46N12O8.